The number of ether oxygens (including phenoxy) is 3. The predicted octanol–water partition coefficient (Wildman–Crippen LogP) is 4.71. The number of benzene rings is 2. The molecule has 2 aromatic carbocycles. The van der Waals surface area contributed by atoms with Gasteiger partial charge in [0.2, 0.25) is 6.79 Å². The van der Waals surface area contributed by atoms with E-state index in [0.717, 1.165) is 22.1 Å². The molecule has 0 bridgehead atoms. The first-order valence-electron chi connectivity index (χ1n) is 9.72. The van der Waals surface area contributed by atoms with Gasteiger partial charge in [-0.05, 0) is 59.9 Å². The number of fused-ring (bicyclic) bond motifs is 2. The summed E-state index contributed by atoms with van der Waals surface area (Å²) < 4.78 is 21.3. The van der Waals surface area contributed by atoms with Crippen molar-refractivity contribution in [3.63, 3.8) is 0 Å². The second-order valence-corrected chi connectivity index (χ2v) is 7.50. The molecule has 6 nitrogen and oxygen atoms in total. The van der Waals surface area contributed by atoms with Crippen molar-refractivity contribution >= 4 is 23.0 Å². The molecule has 0 N–H and O–H groups in total. The zero-order chi connectivity index (χ0) is 21.3. The second kappa shape index (κ2) is 8.06. The molecule has 154 valence electrons. The fourth-order valence-electron chi connectivity index (χ4n) is 3.51. The van der Waals surface area contributed by atoms with Gasteiger partial charge in [-0.2, -0.15) is 0 Å². The topological polar surface area (TPSA) is 75.0 Å². The van der Waals surface area contributed by atoms with Gasteiger partial charge in [0.15, 0.2) is 11.5 Å². The smallest absolute Gasteiger partial charge is 0.336 e. The van der Waals surface area contributed by atoms with E-state index in [1.807, 2.05) is 25.1 Å². The van der Waals surface area contributed by atoms with Gasteiger partial charge in [-0.1, -0.05) is 19.9 Å². The van der Waals surface area contributed by atoms with Gasteiger partial charge in [0.25, 0.3) is 0 Å². The van der Waals surface area contributed by atoms with Crippen LogP contribution in [0, 0.1) is 6.92 Å². The molecule has 0 aliphatic carbocycles. The number of aryl methyl sites for hydroxylation is 1. The molecule has 30 heavy (non-hydrogen) atoms. The van der Waals surface area contributed by atoms with Crippen LogP contribution >= 0.6 is 0 Å². The molecule has 1 aliphatic heterocycles. The van der Waals surface area contributed by atoms with Crippen molar-refractivity contribution in [1.29, 1.82) is 0 Å². The molecular weight excluding hydrogens is 384 g/mol. The van der Waals surface area contributed by atoms with Crippen molar-refractivity contribution in [2.24, 2.45) is 0 Å². The number of rotatable bonds is 5. The summed E-state index contributed by atoms with van der Waals surface area (Å²) in [7, 11) is 0. The van der Waals surface area contributed by atoms with Crippen molar-refractivity contribution in [1.82, 2.24) is 0 Å². The van der Waals surface area contributed by atoms with Crippen LogP contribution in [0.4, 0.5) is 0 Å². The van der Waals surface area contributed by atoms with Gasteiger partial charge in [-0.25, -0.2) is 9.59 Å². The van der Waals surface area contributed by atoms with Gasteiger partial charge in [-0.3, -0.25) is 0 Å². The van der Waals surface area contributed by atoms with Crippen molar-refractivity contribution in [3.05, 3.63) is 75.1 Å². The highest BCUT2D eigenvalue weighted by atomic mass is 16.7. The lowest BCUT2D eigenvalue weighted by atomic mass is 9.95. The summed E-state index contributed by atoms with van der Waals surface area (Å²) in [5, 5.41) is 0.774. The average Bonchev–Trinajstić information content (AvgIpc) is 3.17. The first-order chi connectivity index (χ1) is 14.4. The van der Waals surface area contributed by atoms with E-state index < -0.39 is 11.6 Å². The lowest BCUT2D eigenvalue weighted by molar-refractivity contribution is -0.138. The minimum Gasteiger partial charge on any atom is -0.458 e. The summed E-state index contributed by atoms with van der Waals surface area (Å²) in [6.45, 7) is 6.37. The molecule has 0 radical (unpaired) electrons. The van der Waals surface area contributed by atoms with Crippen LogP contribution in [0.25, 0.3) is 17.0 Å². The Morgan fingerprint density at radius 1 is 1.13 bits per heavy atom. The molecule has 0 fully saturated rings. The number of esters is 1. The second-order valence-electron chi connectivity index (χ2n) is 7.50. The van der Waals surface area contributed by atoms with Crippen LogP contribution < -0.4 is 15.1 Å². The molecule has 6 heteroatoms. The van der Waals surface area contributed by atoms with Crippen molar-refractivity contribution in [3.8, 4) is 11.5 Å². The van der Waals surface area contributed by atoms with Crippen LogP contribution in [0.15, 0.2) is 51.7 Å². The Morgan fingerprint density at radius 2 is 1.93 bits per heavy atom. The quantitative estimate of drug-likeness (QED) is 0.347. The van der Waals surface area contributed by atoms with Crippen molar-refractivity contribution in [2.45, 2.75) is 33.3 Å². The maximum absolute atomic E-state index is 12.2. The van der Waals surface area contributed by atoms with Gasteiger partial charge in [0.1, 0.15) is 12.2 Å². The third-order valence-corrected chi connectivity index (χ3v) is 5.02. The highest BCUT2D eigenvalue weighted by Crippen LogP contribution is 2.33. The summed E-state index contributed by atoms with van der Waals surface area (Å²) in [5.41, 5.74) is 3.65. The molecular formula is C24H22O6. The lowest BCUT2D eigenvalue weighted by Gasteiger charge is -2.13. The zero-order valence-corrected chi connectivity index (χ0v) is 17.1. The number of carbonyl (C=O) groups is 1. The Kier molecular flexibility index (Phi) is 5.31. The van der Waals surface area contributed by atoms with E-state index >= 15 is 0 Å². The molecule has 3 aromatic rings. The molecule has 0 unspecified atom stereocenters. The fraction of sp³-hybridized carbons (Fsp3) is 0.250. The standard InChI is InChI=1S/C24H22O6/c1-14(2)18-11-19-17(10-24(26)30-21(19)8-15(18)3)12-27-23(25)7-5-16-4-6-20-22(9-16)29-13-28-20/h4-11,14H,12-13H2,1-3H3. The van der Waals surface area contributed by atoms with Crippen LogP contribution in [0.2, 0.25) is 0 Å². The summed E-state index contributed by atoms with van der Waals surface area (Å²) in [6, 6.07) is 10.6. The molecule has 4 rings (SSSR count). The van der Waals surface area contributed by atoms with E-state index in [9.17, 15) is 9.59 Å². The van der Waals surface area contributed by atoms with Crippen LogP contribution in [0.1, 0.15) is 42.0 Å². The molecule has 0 atom stereocenters. The van der Waals surface area contributed by atoms with Crippen molar-refractivity contribution in [2.75, 3.05) is 6.79 Å². The maximum atomic E-state index is 12.2. The van der Waals surface area contributed by atoms with Gasteiger partial charge < -0.3 is 18.6 Å². The highest BCUT2D eigenvalue weighted by Gasteiger charge is 2.14. The third kappa shape index (κ3) is 4.08. The summed E-state index contributed by atoms with van der Waals surface area (Å²) in [6.07, 6.45) is 2.98. The molecule has 1 aliphatic rings. The zero-order valence-electron chi connectivity index (χ0n) is 17.1. The van der Waals surface area contributed by atoms with Crippen molar-refractivity contribution < 1.29 is 23.4 Å². The fourth-order valence-corrected chi connectivity index (χ4v) is 3.51. The van der Waals surface area contributed by atoms with Gasteiger partial charge in [0, 0.05) is 23.1 Å². The molecule has 1 aromatic heterocycles. The Labute approximate surface area is 173 Å². The van der Waals surface area contributed by atoms with E-state index in [0.29, 0.717) is 28.6 Å². The third-order valence-electron chi connectivity index (χ3n) is 5.02. The van der Waals surface area contributed by atoms with E-state index in [4.69, 9.17) is 18.6 Å². The molecule has 0 amide bonds. The summed E-state index contributed by atoms with van der Waals surface area (Å²) in [5.74, 6) is 1.14. The van der Waals surface area contributed by atoms with Gasteiger partial charge in [-0.15, -0.1) is 0 Å². The van der Waals surface area contributed by atoms with Gasteiger partial charge >= 0.3 is 11.6 Å². The first-order valence-corrected chi connectivity index (χ1v) is 9.72. The van der Waals surface area contributed by atoms with E-state index in [1.54, 1.807) is 18.2 Å². The van der Waals surface area contributed by atoms with Crippen LogP contribution in [0.3, 0.4) is 0 Å². The number of hydrogen-bond acceptors (Lipinski definition) is 6. The predicted molar refractivity (Wildman–Crippen MR) is 113 cm³/mol. The van der Waals surface area contributed by atoms with Crippen LogP contribution in [-0.2, 0) is 16.1 Å². The summed E-state index contributed by atoms with van der Waals surface area (Å²) >= 11 is 0. The van der Waals surface area contributed by atoms with E-state index in [-0.39, 0.29) is 13.4 Å². The SMILES string of the molecule is Cc1cc2oc(=O)cc(COC(=O)C=Cc3ccc4c(c3)OCO4)c2cc1C(C)C. The van der Waals surface area contributed by atoms with Gasteiger partial charge in [0.05, 0.1) is 0 Å². The minimum absolute atomic E-state index is 0.0208. The van der Waals surface area contributed by atoms with E-state index in [2.05, 4.69) is 13.8 Å². The van der Waals surface area contributed by atoms with E-state index in [1.165, 1.54) is 12.1 Å². The Balaban J connectivity index is 1.52. The number of carbonyl (C=O) groups excluding carboxylic acids is 1. The highest BCUT2D eigenvalue weighted by molar-refractivity contribution is 5.88. The molecule has 0 saturated heterocycles. The molecule has 0 saturated carbocycles. The minimum atomic E-state index is -0.509. The Hall–Kier alpha value is -3.54. The molecule has 2 heterocycles. The summed E-state index contributed by atoms with van der Waals surface area (Å²) in [4.78, 5) is 24.1. The average molecular weight is 406 g/mol. The largest absolute Gasteiger partial charge is 0.458 e. The molecule has 0 spiro atoms. The normalized spacial score (nSPS) is 12.8. The van der Waals surface area contributed by atoms with Crippen LogP contribution in [0.5, 0.6) is 11.5 Å². The first kappa shape index (κ1) is 19.8. The van der Waals surface area contributed by atoms with Crippen LogP contribution in [-0.4, -0.2) is 12.8 Å². The monoisotopic (exact) mass is 406 g/mol. The Morgan fingerprint density at radius 3 is 2.73 bits per heavy atom. The Bertz CT molecular complexity index is 1200. The lowest BCUT2D eigenvalue weighted by Crippen LogP contribution is -2.06. The number of hydrogen-bond donors (Lipinski definition) is 0. The maximum Gasteiger partial charge on any atom is 0.336 e.